The smallest absolute Gasteiger partial charge is 0.330 e. The summed E-state index contributed by atoms with van der Waals surface area (Å²) in [4.78, 5) is 26.8. The van der Waals surface area contributed by atoms with Gasteiger partial charge in [0.2, 0.25) is 0 Å². The number of hydrogen-bond donors (Lipinski definition) is 4. The lowest BCUT2D eigenvalue weighted by molar-refractivity contribution is -0.0550. The number of nitrogens with zero attached hydrogens (tertiary/aromatic N) is 1. The van der Waals surface area contributed by atoms with Crippen molar-refractivity contribution in [1.82, 2.24) is 9.55 Å². The van der Waals surface area contributed by atoms with Crippen molar-refractivity contribution in [2.45, 2.75) is 24.5 Å². The van der Waals surface area contributed by atoms with Gasteiger partial charge >= 0.3 is 5.69 Å². The SMILES string of the molecule is O=c1[nH]c(=O)n([C@H]2O[C@@H](CO)C(O)C2O)cc1C=CBr. The second-order valence-corrected chi connectivity index (χ2v) is 4.80. The Morgan fingerprint density at radius 1 is 1.40 bits per heavy atom. The zero-order chi connectivity index (χ0) is 14.9. The maximum absolute atomic E-state index is 11.8. The molecule has 1 saturated heterocycles. The van der Waals surface area contributed by atoms with E-state index in [1.54, 1.807) is 0 Å². The zero-order valence-corrected chi connectivity index (χ0v) is 11.7. The standard InChI is InChI=1S/C11H13BrN2O6/c12-2-1-5-3-14(11(19)13-9(5)18)10-8(17)7(16)6(4-15)20-10/h1-3,6-8,10,15-17H,4H2,(H,13,18,19)/t6-,7?,8?,10-/m0/s1. The molecule has 8 nitrogen and oxygen atoms in total. The highest BCUT2D eigenvalue weighted by Gasteiger charge is 2.43. The van der Waals surface area contributed by atoms with Gasteiger partial charge < -0.3 is 20.1 Å². The number of halogens is 1. The Bertz CT molecular complexity index is 624. The zero-order valence-electron chi connectivity index (χ0n) is 10.1. The van der Waals surface area contributed by atoms with Crippen LogP contribution in [0.1, 0.15) is 11.8 Å². The van der Waals surface area contributed by atoms with E-state index < -0.39 is 42.4 Å². The monoisotopic (exact) mass is 348 g/mol. The summed E-state index contributed by atoms with van der Waals surface area (Å²) in [6.45, 7) is -0.499. The summed E-state index contributed by atoms with van der Waals surface area (Å²) >= 11 is 3.01. The molecule has 2 heterocycles. The molecule has 1 aliphatic rings. The average molecular weight is 349 g/mol. The van der Waals surface area contributed by atoms with Gasteiger partial charge in [0.1, 0.15) is 18.3 Å². The largest absolute Gasteiger partial charge is 0.394 e. The van der Waals surface area contributed by atoms with Crippen molar-refractivity contribution in [2.75, 3.05) is 6.61 Å². The van der Waals surface area contributed by atoms with E-state index >= 15 is 0 Å². The van der Waals surface area contributed by atoms with Crippen molar-refractivity contribution >= 4 is 22.0 Å². The van der Waals surface area contributed by atoms with E-state index in [4.69, 9.17) is 9.84 Å². The first-order valence-electron chi connectivity index (χ1n) is 5.74. The molecule has 20 heavy (non-hydrogen) atoms. The third-order valence-electron chi connectivity index (χ3n) is 3.03. The predicted molar refractivity (Wildman–Crippen MR) is 72.3 cm³/mol. The molecule has 2 rings (SSSR count). The third kappa shape index (κ3) is 2.63. The molecule has 4 atom stereocenters. The Labute approximate surface area is 121 Å². The van der Waals surface area contributed by atoms with Gasteiger partial charge in [-0.05, 0) is 11.1 Å². The summed E-state index contributed by atoms with van der Waals surface area (Å²) in [7, 11) is 0. The summed E-state index contributed by atoms with van der Waals surface area (Å²) in [5, 5.41) is 28.5. The molecule has 0 radical (unpaired) electrons. The fourth-order valence-electron chi connectivity index (χ4n) is 1.99. The highest BCUT2D eigenvalue weighted by molar-refractivity contribution is 9.11. The van der Waals surface area contributed by atoms with Crippen LogP contribution < -0.4 is 11.2 Å². The fourth-order valence-corrected chi connectivity index (χ4v) is 2.27. The minimum Gasteiger partial charge on any atom is -0.394 e. The Morgan fingerprint density at radius 3 is 2.65 bits per heavy atom. The van der Waals surface area contributed by atoms with E-state index in [0.29, 0.717) is 0 Å². The van der Waals surface area contributed by atoms with E-state index in [1.165, 1.54) is 17.3 Å². The van der Waals surface area contributed by atoms with Gasteiger partial charge in [0.15, 0.2) is 6.23 Å². The maximum atomic E-state index is 11.8. The lowest BCUT2D eigenvalue weighted by Gasteiger charge is -2.17. The second-order valence-electron chi connectivity index (χ2n) is 4.27. The maximum Gasteiger partial charge on any atom is 0.330 e. The Balaban J connectivity index is 2.46. The number of nitrogens with one attached hydrogen (secondary N) is 1. The van der Waals surface area contributed by atoms with Crippen LogP contribution in [0.3, 0.4) is 0 Å². The Kier molecular flexibility index (Phi) is 4.55. The van der Waals surface area contributed by atoms with Crippen LogP contribution in [0.15, 0.2) is 20.8 Å². The van der Waals surface area contributed by atoms with Crippen LogP contribution >= 0.6 is 15.9 Å². The molecule has 4 N–H and O–H groups in total. The molecule has 0 spiro atoms. The highest BCUT2D eigenvalue weighted by atomic mass is 79.9. The fraction of sp³-hybridized carbons (Fsp3) is 0.455. The minimum absolute atomic E-state index is 0.166. The number of aromatic amines is 1. The molecule has 1 aromatic rings. The van der Waals surface area contributed by atoms with Crippen molar-refractivity contribution < 1.29 is 20.1 Å². The van der Waals surface area contributed by atoms with E-state index in [2.05, 4.69) is 20.9 Å². The number of ether oxygens (including phenoxy) is 1. The topological polar surface area (TPSA) is 125 Å². The summed E-state index contributed by atoms with van der Waals surface area (Å²) in [5.41, 5.74) is -1.20. The lowest BCUT2D eigenvalue weighted by atomic mass is 10.1. The van der Waals surface area contributed by atoms with E-state index in [9.17, 15) is 19.8 Å². The molecular formula is C11H13BrN2O6. The first kappa shape index (κ1) is 15.1. The number of rotatable bonds is 3. The molecule has 0 amide bonds. The van der Waals surface area contributed by atoms with Crippen molar-refractivity contribution in [3.63, 3.8) is 0 Å². The number of H-pyrrole nitrogens is 1. The molecule has 1 aromatic heterocycles. The number of hydrogen-bond acceptors (Lipinski definition) is 6. The summed E-state index contributed by atoms with van der Waals surface area (Å²) in [6, 6.07) is 0. The molecule has 0 saturated carbocycles. The van der Waals surface area contributed by atoms with Gasteiger partial charge in [0, 0.05) is 6.20 Å². The molecule has 110 valence electrons. The van der Waals surface area contributed by atoms with E-state index in [-0.39, 0.29) is 5.56 Å². The summed E-state index contributed by atoms with van der Waals surface area (Å²) < 4.78 is 6.20. The van der Waals surface area contributed by atoms with Crippen LogP contribution in [0.4, 0.5) is 0 Å². The Morgan fingerprint density at radius 2 is 2.10 bits per heavy atom. The van der Waals surface area contributed by atoms with Crippen LogP contribution in [0.5, 0.6) is 0 Å². The average Bonchev–Trinajstić information content (AvgIpc) is 2.70. The van der Waals surface area contributed by atoms with Crippen LogP contribution in [0, 0.1) is 0 Å². The minimum atomic E-state index is -1.39. The highest BCUT2D eigenvalue weighted by Crippen LogP contribution is 2.27. The molecule has 0 aliphatic carbocycles. The molecule has 9 heteroatoms. The Hall–Kier alpha value is -1.26. The van der Waals surface area contributed by atoms with Crippen molar-refractivity contribution in [3.05, 3.63) is 37.6 Å². The van der Waals surface area contributed by atoms with Crippen molar-refractivity contribution in [1.29, 1.82) is 0 Å². The molecule has 1 fully saturated rings. The van der Waals surface area contributed by atoms with Crippen LogP contribution in [-0.4, -0.2) is 49.8 Å². The summed E-state index contributed by atoms with van der Waals surface area (Å²) in [5.74, 6) is 0. The van der Waals surface area contributed by atoms with Gasteiger partial charge in [-0.2, -0.15) is 0 Å². The predicted octanol–water partition coefficient (Wildman–Crippen LogP) is -1.49. The lowest BCUT2D eigenvalue weighted by Crippen LogP contribution is -2.38. The second kappa shape index (κ2) is 6.02. The molecule has 0 bridgehead atoms. The number of aliphatic hydroxyl groups is 3. The van der Waals surface area contributed by atoms with Crippen LogP contribution in [0.2, 0.25) is 0 Å². The first-order valence-corrected chi connectivity index (χ1v) is 6.66. The molecule has 2 unspecified atom stereocenters. The quantitative estimate of drug-likeness (QED) is 0.527. The van der Waals surface area contributed by atoms with Gasteiger partial charge in [-0.1, -0.05) is 15.9 Å². The van der Waals surface area contributed by atoms with Gasteiger partial charge in [-0.25, -0.2) is 4.79 Å². The van der Waals surface area contributed by atoms with E-state index in [1.807, 2.05) is 0 Å². The van der Waals surface area contributed by atoms with E-state index in [0.717, 1.165) is 4.57 Å². The van der Waals surface area contributed by atoms with Crippen LogP contribution in [0.25, 0.3) is 6.08 Å². The van der Waals surface area contributed by atoms with Gasteiger partial charge in [-0.15, -0.1) is 0 Å². The third-order valence-corrected chi connectivity index (χ3v) is 3.29. The van der Waals surface area contributed by atoms with Crippen molar-refractivity contribution in [3.8, 4) is 0 Å². The van der Waals surface area contributed by atoms with Gasteiger partial charge in [0.05, 0.1) is 12.2 Å². The van der Waals surface area contributed by atoms with Crippen LogP contribution in [-0.2, 0) is 4.74 Å². The summed E-state index contributed by atoms with van der Waals surface area (Å²) in [6.07, 6.45) is -2.27. The van der Waals surface area contributed by atoms with Gasteiger partial charge in [0.25, 0.3) is 5.56 Å². The molecular weight excluding hydrogens is 336 g/mol. The number of aliphatic hydroxyl groups excluding tert-OH is 3. The normalized spacial score (nSPS) is 30.2. The molecule has 0 aromatic carbocycles. The first-order chi connectivity index (χ1) is 9.49. The molecule has 1 aliphatic heterocycles. The number of aromatic nitrogens is 2. The van der Waals surface area contributed by atoms with Crippen molar-refractivity contribution in [2.24, 2.45) is 0 Å². The van der Waals surface area contributed by atoms with Gasteiger partial charge in [-0.3, -0.25) is 14.3 Å².